The normalized spacial score (nSPS) is 10.9. The molecule has 1 aromatic heterocycles. The lowest BCUT2D eigenvalue weighted by molar-refractivity contribution is 0.104. The van der Waals surface area contributed by atoms with Crippen LogP contribution in [0.25, 0.3) is 21.7 Å². The van der Waals surface area contributed by atoms with Crippen molar-refractivity contribution in [2.24, 2.45) is 0 Å². The van der Waals surface area contributed by atoms with E-state index in [0.29, 0.717) is 0 Å². The zero-order valence-corrected chi connectivity index (χ0v) is 14.5. The number of hydrogen-bond donors (Lipinski definition) is 0. The lowest BCUT2D eigenvalue weighted by Gasteiger charge is -2.05. The predicted molar refractivity (Wildman–Crippen MR) is 107 cm³/mol. The molecule has 0 saturated carbocycles. The summed E-state index contributed by atoms with van der Waals surface area (Å²) in [5.74, 6) is 2.74. The molecule has 0 aliphatic heterocycles. The van der Waals surface area contributed by atoms with Gasteiger partial charge < -0.3 is 4.57 Å². The van der Waals surface area contributed by atoms with Crippen LogP contribution in [0.1, 0.15) is 28.8 Å². The van der Waals surface area contributed by atoms with Crippen molar-refractivity contribution < 1.29 is 4.79 Å². The van der Waals surface area contributed by atoms with Crippen molar-refractivity contribution in [2.75, 3.05) is 0 Å². The molecule has 0 spiro atoms. The van der Waals surface area contributed by atoms with Crippen molar-refractivity contribution in [3.05, 3.63) is 84.1 Å². The molecule has 0 atom stereocenters. The third kappa shape index (κ3) is 2.78. The van der Waals surface area contributed by atoms with Gasteiger partial charge in [0, 0.05) is 41.2 Å². The number of aryl methyl sites for hydroxylation is 1. The van der Waals surface area contributed by atoms with Gasteiger partial charge in [-0.1, -0.05) is 60.7 Å². The molecule has 0 radical (unpaired) electrons. The molecule has 0 N–H and O–H groups in total. The highest BCUT2D eigenvalue weighted by atomic mass is 16.1. The molecular formula is C24H19NO. The van der Waals surface area contributed by atoms with Crippen LogP contribution >= 0.6 is 0 Å². The van der Waals surface area contributed by atoms with Gasteiger partial charge in [0.2, 0.25) is 0 Å². The van der Waals surface area contributed by atoms with Crippen LogP contribution in [0.2, 0.25) is 0 Å². The molecule has 0 unspecified atom stereocenters. The SMILES string of the molecule is C#CCCCn1cc(C(=O)c2cccc3ccccc23)c2ccccc21. The Labute approximate surface area is 153 Å². The van der Waals surface area contributed by atoms with Gasteiger partial charge in [0.25, 0.3) is 0 Å². The van der Waals surface area contributed by atoms with E-state index in [1.165, 1.54) is 0 Å². The number of nitrogens with zero attached hydrogens (tertiary/aromatic N) is 1. The molecule has 2 nitrogen and oxygen atoms in total. The summed E-state index contributed by atoms with van der Waals surface area (Å²) in [6.45, 7) is 0.813. The molecule has 26 heavy (non-hydrogen) atoms. The van der Waals surface area contributed by atoms with Crippen LogP contribution in [-0.2, 0) is 6.54 Å². The van der Waals surface area contributed by atoms with Gasteiger partial charge in [-0.2, -0.15) is 0 Å². The van der Waals surface area contributed by atoms with Crippen LogP contribution in [-0.4, -0.2) is 10.4 Å². The fraction of sp³-hybridized carbons (Fsp3) is 0.125. The largest absolute Gasteiger partial charge is 0.347 e. The topological polar surface area (TPSA) is 22.0 Å². The molecule has 0 saturated heterocycles. The minimum absolute atomic E-state index is 0.0636. The maximum atomic E-state index is 13.4. The van der Waals surface area contributed by atoms with Crippen LogP contribution in [0, 0.1) is 12.3 Å². The number of rotatable bonds is 5. The summed E-state index contributed by atoms with van der Waals surface area (Å²) in [6, 6.07) is 22.0. The third-order valence-corrected chi connectivity index (χ3v) is 4.79. The van der Waals surface area contributed by atoms with Gasteiger partial charge in [-0.25, -0.2) is 0 Å². The zero-order valence-electron chi connectivity index (χ0n) is 14.5. The maximum absolute atomic E-state index is 13.4. The van der Waals surface area contributed by atoms with E-state index in [9.17, 15) is 4.79 Å². The Bertz CT molecular complexity index is 1140. The van der Waals surface area contributed by atoms with Crippen LogP contribution in [0.5, 0.6) is 0 Å². The number of para-hydroxylation sites is 1. The van der Waals surface area contributed by atoms with Crippen molar-refractivity contribution in [3.8, 4) is 12.3 Å². The monoisotopic (exact) mass is 337 g/mol. The van der Waals surface area contributed by atoms with E-state index in [4.69, 9.17) is 6.42 Å². The summed E-state index contributed by atoms with van der Waals surface area (Å²) in [6.07, 6.45) is 8.99. The number of carbonyl (C=O) groups is 1. The number of hydrogen-bond acceptors (Lipinski definition) is 1. The lowest BCUT2D eigenvalue weighted by Crippen LogP contribution is -2.02. The Hall–Kier alpha value is -3.31. The predicted octanol–water partition coefficient (Wildman–Crippen LogP) is 5.44. The quantitative estimate of drug-likeness (QED) is 0.270. The van der Waals surface area contributed by atoms with Gasteiger partial charge in [-0.3, -0.25) is 4.79 Å². The Morgan fingerprint density at radius 2 is 1.62 bits per heavy atom. The molecule has 0 aliphatic rings. The van der Waals surface area contributed by atoms with Gasteiger partial charge >= 0.3 is 0 Å². The summed E-state index contributed by atoms with van der Waals surface area (Å²) in [4.78, 5) is 13.4. The Balaban J connectivity index is 1.83. The molecule has 4 rings (SSSR count). The zero-order chi connectivity index (χ0) is 17.9. The molecule has 0 bridgehead atoms. The highest BCUT2D eigenvalue weighted by Gasteiger charge is 2.18. The summed E-state index contributed by atoms with van der Waals surface area (Å²) in [5.41, 5.74) is 2.57. The average molecular weight is 337 g/mol. The molecule has 0 amide bonds. The molecule has 0 aliphatic carbocycles. The summed E-state index contributed by atoms with van der Waals surface area (Å²) < 4.78 is 2.14. The summed E-state index contributed by atoms with van der Waals surface area (Å²) in [5, 5.41) is 3.06. The van der Waals surface area contributed by atoms with Gasteiger partial charge in [0.1, 0.15) is 0 Å². The van der Waals surface area contributed by atoms with Gasteiger partial charge in [0.05, 0.1) is 0 Å². The number of benzene rings is 3. The van der Waals surface area contributed by atoms with Crippen LogP contribution in [0.3, 0.4) is 0 Å². The Kier molecular flexibility index (Phi) is 4.29. The average Bonchev–Trinajstić information content (AvgIpc) is 3.06. The molecular weight excluding hydrogens is 318 g/mol. The fourth-order valence-electron chi connectivity index (χ4n) is 3.53. The minimum atomic E-state index is 0.0636. The summed E-state index contributed by atoms with van der Waals surface area (Å²) >= 11 is 0. The minimum Gasteiger partial charge on any atom is -0.347 e. The first-order valence-corrected chi connectivity index (χ1v) is 8.83. The van der Waals surface area contributed by atoms with Crippen molar-refractivity contribution in [3.63, 3.8) is 0 Å². The second-order valence-corrected chi connectivity index (χ2v) is 6.42. The van der Waals surface area contributed by atoms with Crippen molar-refractivity contribution in [2.45, 2.75) is 19.4 Å². The number of aromatic nitrogens is 1. The maximum Gasteiger partial charge on any atom is 0.195 e. The van der Waals surface area contributed by atoms with Crippen molar-refractivity contribution in [1.82, 2.24) is 4.57 Å². The number of ketones is 1. The first-order valence-electron chi connectivity index (χ1n) is 8.83. The molecule has 4 aromatic rings. The van der Waals surface area contributed by atoms with Crippen LogP contribution in [0.4, 0.5) is 0 Å². The molecule has 126 valence electrons. The fourth-order valence-corrected chi connectivity index (χ4v) is 3.53. The van der Waals surface area contributed by atoms with E-state index >= 15 is 0 Å². The third-order valence-electron chi connectivity index (χ3n) is 4.79. The molecule has 3 aromatic carbocycles. The van der Waals surface area contributed by atoms with E-state index < -0.39 is 0 Å². The van der Waals surface area contributed by atoms with E-state index in [-0.39, 0.29) is 5.78 Å². The Morgan fingerprint density at radius 3 is 2.46 bits per heavy atom. The van der Waals surface area contributed by atoms with E-state index in [1.54, 1.807) is 0 Å². The van der Waals surface area contributed by atoms with E-state index in [1.807, 2.05) is 66.9 Å². The molecule has 1 heterocycles. The lowest BCUT2D eigenvalue weighted by atomic mass is 9.97. The highest BCUT2D eigenvalue weighted by Crippen LogP contribution is 2.27. The first-order chi connectivity index (χ1) is 12.8. The molecule has 2 heteroatoms. The standard InChI is InChI=1S/C24H19NO/c1-2-3-8-16-25-17-22(20-13-6-7-15-23(20)25)24(26)21-14-9-11-18-10-4-5-12-19(18)21/h1,4-7,9-15,17H,3,8,16H2. The number of terminal acetylenes is 1. The number of carbonyl (C=O) groups excluding carboxylic acids is 1. The van der Waals surface area contributed by atoms with Crippen molar-refractivity contribution >= 4 is 27.5 Å². The highest BCUT2D eigenvalue weighted by molar-refractivity contribution is 6.21. The van der Waals surface area contributed by atoms with Gasteiger partial charge in [-0.15, -0.1) is 12.3 Å². The summed E-state index contributed by atoms with van der Waals surface area (Å²) in [7, 11) is 0. The number of fused-ring (bicyclic) bond motifs is 2. The van der Waals surface area contributed by atoms with Crippen LogP contribution < -0.4 is 0 Å². The van der Waals surface area contributed by atoms with Gasteiger partial charge in [0.15, 0.2) is 5.78 Å². The molecule has 0 fully saturated rings. The van der Waals surface area contributed by atoms with Crippen LogP contribution in [0.15, 0.2) is 72.9 Å². The number of unbranched alkanes of at least 4 members (excludes halogenated alkanes) is 1. The second kappa shape index (κ2) is 6.90. The Morgan fingerprint density at radius 1 is 0.885 bits per heavy atom. The second-order valence-electron chi connectivity index (χ2n) is 6.42. The van der Waals surface area contributed by atoms with E-state index in [0.717, 1.165) is 52.2 Å². The van der Waals surface area contributed by atoms with E-state index in [2.05, 4.69) is 16.6 Å². The van der Waals surface area contributed by atoms with Gasteiger partial charge in [-0.05, 0) is 23.3 Å². The first kappa shape index (κ1) is 16.2. The smallest absolute Gasteiger partial charge is 0.195 e. The van der Waals surface area contributed by atoms with Crippen molar-refractivity contribution in [1.29, 1.82) is 0 Å².